The fourth-order valence-corrected chi connectivity index (χ4v) is 3.66. The van der Waals surface area contributed by atoms with Crippen LogP contribution in [0.25, 0.3) is 0 Å². The SMILES string of the molecule is CC(C)CC(NC(=O)C[n+]1ccc2c(c1)CCCC2)c1ccccc1.[Cl-]. The minimum atomic E-state index is 0. The molecule has 4 heteroatoms. The molecular formula is C22H29ClN2O. The van der Waals surface area contributed by atoms with Crippen LogP contribution < -0.4 is 22.3 Å². The van der Waals surface area contributed by atoms with Crippen LogP contribution in [0.4, 0.5) is 0 Å². The Labute approximate surface area is 163 Å². The zero-order valence-corrected chi connectivity index (χ0v) is 16.5. The summed E-state index contributed by atoms with van der Waals surface area (Å²) in [5, 5.41) is 3.23. The lowest BCUT2D eigenvalue weighted by molar-refractivity contribution is -0.685. The summed E-state index contributed by atoms with van der Waals surface area (Å²) < 4.78 is 2.02. The summed E-state index contributed by atoms with van der Waals surface area (Å²) in [4.78, 5) is 12.6. The normalized spacial score (nSPS) is 14.3. The summed E-state index contributed by atoms with van der Waals surface area (Å²) in [7, 11) is 0. The van der Waals surface area contributed by atoms with Crippen molar-refractivity contribution >= 4 is 5.91 Å². The number of hydrogen-bond donors (Lipinski definition) is 1. The molecule has 1 aliphatic rings. The molecule has 2 aromatic rings. The highest BCUT2D eigenvalue weighted by atomic mass is 35.5. The molecule has 3 rings (SSSR count). The minimum absolute atomic E-state index is 0. The van der Waals surface area contributed by atoms with E-state index in [0.717, 1.165) is 12.8 Å². The lowest BCUT2D eigenvalue weighted by Crippen LogP contribution is -3.00. The van der Waals surface area contributed by atoms with E-state index in [-0.39, 0.29) is 24.4 Å². The fourth-order valence-electron chi connectivity index (χ4n) is 3.66. The highest BCUT2D eigenvalue weighted by Crippen LogP contribution is 2.21. The van der Waals surface area contributed by atoms with E-state index in [1.807, 2.05) is 29.0 Å². The molecule has 1 aromatic heterocycles. The second kappa shape index (κ2) is 9.72. The number of rotatable bonds is 6. The smallest absolute Gasteiger partial charge is 0.286 e. The van der Waals surface area contributed by atoms with Gasteiger partial charge in [0, 0.05) is 11.6 Å². The Kier molecular flexibility index (Phi) is 7.65. The zero-order valence-electron chi connectivity index (χ0n) is 15.7. The number of nitrogens with zero attached hydrogens (tertiary/aromatic N) is 1. The number of benzene rings is 1. The first-order chi connectivity index (χ1) is 12.1. The van der Waals surface area contributed by atoms with E-state index in [1.54, 1.807) is 0 Å². The van der Waals surface area contributed by atoms with E-state index in [0.29, 0.717) is 12.5 Å². The predicted molar refractivity (Wildman–Crippen MR) is 100 cm³/mol. The molecule has 1 atom stereocenters. The number of carbonyl (C=O) groups excluding carboxylic acids is 1. The van der Waals surface area contributed by atoms with Gasteiger partial charge in [0.25, 0.3) is 5.91 Å². The third-order valence-corrected chi connectivity index (χ3v) is 4.91. The van der Waals surface area contributed by atoms with Crippen LogP contribution in [-0.2, 0) is 24.2 Å². The van der Waals surface area contributed by atoms with Gasteiger partial charge in [0.1, 0.15) is 0 Å². The molecule has 1 N–H and O–H groups in total. The molecule has 0 bridgehead atoms. The van der Waals surface area contributed by atoms with Gasteiger partial charge in [-0.3, -0.25) is 4.79 Å². The van der Waals surface area contributed by atoms with Crippen LogP contribution in [0.15, 0.2) is 48.8 Å². The number of hydrogen-bond acceptors (Lipinski definition) is 1. The van der Waals surface area contributed by atoms with Crippen molar-refractivity contribution in [3.8, 4) is 0 Å². The predicted octanol–water partition coefficient (Wildman–Crippen LogP) is 0.761. The van der Waals surface area contributed by atoms with Gasteiger partial charge in [-0.2, -0.15) is 4.57 Å². The molecular weight excluding hydrogens is 344 g/mol. The Hall–Kier alpha value is -1.87. The first-order valence-electron chi connectivity index (χ1n) is 9.47. The van der Waals surface area contributed by atoms with Crippen molar-refractivity contribution in [3.63, 3.8) is 0 Å². The largest absolute Gasteiger partial charge is 1.00 e. The molecule has 0 spiro atoms. The van der Waals surface area contributed by atoms with Gasteiger partial charge in [-0.1, -0.05) is 44.2 Å². The van der Waals surface area contributed by atoms with E-state index in [4.69, 9.17) is 0 Å². The number of amides is 1. The molecule has 1 unspecified atom stereocenters. The van der Waals surface area contributed by atoms with Crippen molar-refractivity contribution < 1.29 is 21.8 Å². The van der Waals surface area contributed by atoms with Gasteiger partial charge < -0.3 is 17.7 Å². The Bertz CT molecular complexity index is 715. The van der Waals surface area contributed by atoms with Crippen LogP contribution in [0, 0.1) is 5.92 Å². The number of carbonyl (C=O) groups is 1. The van der Waals surface area contributed by atoms with E-state index in [9.17, 15) is 4.79 Å². The quantitative estimate of drug-likeness (QED) is 0.746. The van der Waals surface area contributed by atoms with Crippen LogP contribution in [0.1, 0.15) is 55.8 Å². The third kappa shape index (κ3) is 5.57. The number of aromatic nitrogens is 1. The maximum atomic E-state index is 12.6. The first-order valence-corrected chi connectivity index (χ1v) is 9.47. The monoisotopic (exact) mass is 372 g/mol. The van der Waals surface area contributed by atoms with Crippen LogP contribution >= 0.6 is 0 Å². The van der Waals surface area contributed by atoms with Gasteiger partial charge in [0.2, 0.25) is 6.54 Å². The van der Waals surface area contributed by atoms with Crippen molar-refractivity contribution in [2.45, 2.75) is 58.5 Å². The molecule has 0 fully saturated rings. The van der Waals surface area contributed by atoms with E-state index >= 15 is 0 Å². The number of halogens is 1. The molecule has 0 saturated heterocycles. The molecule has 0 saturated carbocycles. The average molecular weight is 373 g/mol. The Morgan fingerprint density at radius 3 is 2.46 bits per heavy atom. The summed E-state index contributed by atoms with van der Waals surface area (Å²) in [5.74, 6) is 0.608. The third-order valence-electron chi connectivity index (χ3n) is 4.91. The van der Waals surface area contributed by atoms with Gasteiger partial charge in [-0.15, -0.1) is 0 Å². The summed E-state index contributed by atoms with van der Waals surface area (Å²) in [6, 6.07) is 12.5. The molecule has 3 nitrogen and oxygen atoms in total. The van der Waals surface area contributed by atoms with Crippen molar-refractivity contribution in [1.82, 2.24) is 5.32 Å². The standard InChI is InChI=1S/C22H28N2O.ClH/c1-17(2)14-21(19-9-4-3-5-10-19)23-22(25)16-24-13-12-18-8-6-7-11-20(18)15-24;/h3-5,9-10,12-13,15,17,21H,6-8,11,14,16H2,1-2H3;1H. The zero-order chi connectivity index (χ0) is 17.6. The molecule has 1 aliphatic carbocycles. The van der Waals surface area contributed by atoms with E-state index in [2.05, 4.69) is 43.6 Å². The average Bonchev–Trinajstić information content (AvgIpc) is 2.61. The molecule has 1 aromatic carbocycles. The van der Waals surface area contributed by atoms with E-state index < -0.39 is 0 Å². The van der Waals surface area contributed by atoms with Gasteiger partial charge in [0.15, 0.2) is 12.4 Å². The van der Waals surface area contributed by atoms with Crippen LogP contribution in [0.3, 0.4) is 0 Å². The molecule has 0 radical (unpaired) electrons. The van der Waals surface area contributed by atoms with Crippen molar-refractivity contribution in [2.24, 2.45) is 5.92 Å². The highest BCUT2D eigenvalue weighted by Gasteiger charge is 2.20. The van der Waals surface area contributed by atoms with Crippen molar-refractivity contribution in [2.75, 3.05) is 0 Å². The number of nitrogens with one attached hydrogen (secondary N) is 1. The number of fused-ring (bicyclic) bond motifs is 1. The Morgan fingerprint density at radius 1 is 1.08 bits per heavy atom. The van der Waals surface area contributed by atoms with Gasteiger partial charge >= 0.3 is 0 Å². The Morgan fingerprint density at radius 2 is 1.77 bits per heavy atom. The lowest BCUT2D eigenvalue weighted by Gasteiger charge is -2.20. The maximum Gasteiger partial charge on any atom is 0.286 e. The number of aryl methyl sites for hydroxylation is 2. The summed E-state index contributed by atoms with van der Waals surface area (Å²) in [5.41, 5.74) is 4.04. The van der Waals surface area contributed by atoms with E-state index in [1.165, 1.54) is 36.0 Å². The highest BCUT2D eigenvalue weighted by molar-refractivity contribution is 5.74. The summed E-state index contributed by atoms with van der Waals surface area (Å²) in [6.07, 6.45) is 10.0. The number of pyridine rings is 1. The molecule has 140 valence electrons. The molecule has 1 heterocycles. The van der Waals surface area contributed by atoms with Crippen molar-refractivity contribution in [1.29, 1.82) is 0 Å². The summed E-state index contributed by atoms with van der Waals surface area (Å²) in [6.45, 7) is 4.77. The second-order valence-corrected chi connectivity index (χ2v) is 7.54. The van der Waals surface area contributed by atoms with Crippen LogP contribution in [0.5, 0.6) is 0 Å². The Balaban J connectivity index is 0.00000243. The van der Waals surface area contributed by atoms with Crippen molar-refractivity contribution in [3.05, 3.63) is 65.5 Å². The van der Waals surface area contributed by atoms with Crippen LogP contribution in [-0.4, -0.2) is 5.91 Å². The fraction of sp³-hybridized carbons (Fsp3) is 0.455. The topological polar surface area (TPSA) is 33.0 Å². The van der Waals surface area contributed by atoms with Gasteiger partial charge in [-0.05, 0) is 49.1 Å². The first kappa shape index (κ1) is 20.4. The summed E-state index contributed by atoms with van der Waals surface area (Å²) >= 11 is 0. The molecule has 1 amide bonds. The molecule has 0 aliphatic heterocycles. The van der Waals surface area contributed by atoms with Crippen LogP contribution in [0.2, 0.25) is 0 Å². The van der Waals surface area contributed by atoms with Gasteiger partial charge in [-0.25, -0.2) is 0 Å². The van der Waals surface area contributed by atoms with Gasteiger partial charge in [0.05, 0.1) is 6.04 Å². The lowest BCUT2D eigenvalue weighted by atomic mass is 9.93. The molecule has 26 heavy (non-hydrogen) atoms. The minimum Gasteiger partial charge on any atom is -1.00 e. The second-order valence-electron chi connectivity index (χ2n) is 7.54. The maximum absolute atomic E-state index is 12.6.